The molecule has 1 aromatic heterocycles. The quantitative estimate of drug-likeness (QED) is 0.934. The second-order valence-electron chi connectivity index (χ2n) is 4.43. The molecule has 1 atom stereocenters. The van der Waals surface area contributed by atoms with Gasteiger partial charge in [-0.3, -0.25) is 4.68 Å². The van der Waals surface area contributed by atoms with Crippen LogP contribution < -0.4 is 5.32 Å². The fraction of sp³-hybridized carbons (Fsp3) is 0.357. The molecule has 1 unspecified atom stereocenters. The predicted molar refractivity (Wildman–Crippen MR) is 80.0 cm³/mol. The first-order valence-corrected chi connectivity index (χ1v) is 6.97. The van der Waals surface area contributed by atoms with Gasteiger partial charge < -0.3 is 5.32 Å². The molecule has 3 nitrogen and oxygen atoms in total. The van der Waals surface area contributed by atoms with E-state index < -0.39 is 0 Å². The van der Waals surface area contributed by atoms with Gasteiger partial charge in [-0.1, -0.05) is 30.1 Å². The molecule has 2 aromatic rings. The minimum atomic E-state index is -0.0241. The lowest BCUT2D eigenvalue weighted by molar-refractivity contribution is 0.604. The van der Waals surface area contributed by atoms with E-state index in [4.69, 9.17) is 23.2 Å². The van der Waals surface area contributed by atoms with Crippen molar-refractivity contribution in [2.45, 2.75) is 19.4 Å². The highest BCUT2D eigenvalue weighted by Gasteiger charge is 2.19. The molecule has 0 aliphatic carbocycles. The maximum atomic E-state index is 6.28. The minimum Gasteiger partial charge on any atom is -0.308 e. The van der Waals surface area contributed by atoms with Gasteiger partial charge in [0.2, 0.25) is 0 Å². The SMILES string of the molecule is CCc1cc(C(NC)c2cc(Cl)ccc2Cl)n(C)n1. The Balaban J connectivity index is 2.49. The third-order valence-corrected chi connectivity index (χ3v) is 3.76. The zero-order chi connectivity index (χ0) is 14.0. The summed E-state index contributed by atoms with van der Waals surface area (Å²) in [4.78, 5) is 0. The average molecular weight is 298 g/mol. The first-order valence-electron chi connectivity index (χ1n) is 6.21. The van der Waals surface area contributed by atoms with Crippen molar-refractivity contribution in [3.05, 3.63) is 51.3 Å². The number of rotatable bonds is 4. The summed E-state index contributed by atoms with van der Waals surface area (Å²) in [6, 6.07) is 7.58. The molecule has 2 rings (SSSR count). The van der Waals surface area contributed by atoms with Gasteiger partial charge in [0.25, 0.3) is 0 Å². The van der Waals surface area contributed by atoms with Crippen LogP contribution in [0.1, 0.15) is 29.9 Å². The molecule has 0 saturated carbocycles. The number of aryl methyl sites for hydroxylation is 2. The lowest BCUT2D eigenvalue weighted by Gasteiger charge is -2.18. The van der Waals surface area contributed by atoms with E-state index in [0.717, 1.165) is 23.4 Å². The zero-order valence-corrected chi connectivity index (χ0v) is 12.8. The fourth-order valence-corrected chi connectivity index (χ4v) is 2.59. The minimum absolute atomic E-state index is 0.0241. The number of nitrogens with one attached hydrogen (secondary N) is 1. The Bertz CT molecular complexity index is 578. The Labute approximate surface area is 123 Å². The lowest BCUT2D eigenvalue weighted by atomic mass is 10.0. The van der Waals surface area contributed by atoms with Gasteiger partial charge >= 0.3 is 0 Å². The molecule has 0 amide bonds. The van der Waals surface area contributed by atoms with Crippen LogP contribution >= 0.6 is 23.2 Å². The summed E-state index contributed by atoms with van der Waals surface area (Å²) < 4.78 is 1.89. The van der Waals surface area contributed by atoms with Gasteiger partial charge in [0.1, 0.15) is 0 Å². The second kappa shape index (κ2) is 5.95. The van der Waals surface area contributed by atoms with Crippen molar-refractivity contribution in [1.82, 2.24) is 15.1 Å². The van der Waals surface area contributed by atoms with E-state index in [2.05, 4.69) is 23.4 Å². The molecule has 19 heavy (non-hydrogen) atoms. The number of aromatic nitrogens is 2. The average Bonchev–Trinajstić information content (AvgIpc) is 2.76. The van der Waals surface area contributed by atoms with Crippen molar-refractivity contribution in [2.75, 3.05) is 7.05 Å². The van der Waals surface area contributed by atoms with E-state index in [9.17, 15) is 0 Å². The molecule has 0 aliphatic heterocycles. The van der Waals surface area contributed by atoms with Crippen LogP contribution in [0.2, 0.25) is 10.0 Å². The molecule has 0 aliphatic rings. The first-order chi connectivity index (χ1) is 9.06. The summed E-state index contributed by atoms with van der Waals surface area (Å²) in [5.41, 5.74) is 3.10. The van der Waals surface area contributed by atoms with Gasteiger partial charge in [0.15, 0.2) is 0 Å². The van der Waals surface area contributed by atoms with Crippen LogP contribution in [0.4, 0.5) is 0 Å². The third kappa shape index (κ3) is 2.94. The van der Waals surface area contributed by atoms with Crippen molar-refractivity contribution < 1.29 is 0 Å². The second-order valence-corrected chi connectivity index (χ2v) is 5.27. The first kappa shape index (κ1) is 14.4. The van der Waals surface area contributed by atoms with Gasteiger partial charge in [0.05, 0.1) is 17.4 Å². The van der Waals surface area contributed by atoms with Crippen molar-refractivity contribution in [3.8, 4) is 0 Å². The monoisotopic (exact) mass is 297 g/mol. The summed E-state index contributed by atoms with van der Waals surface area (Å²) in [5, 5.41) is 9.13. The summed E-state index contributed by atoms with van der Waals surface area (Å²) in [6.07, 6.45) is 0.910. The Hall–Kier alpha value is -1.03. The van der Waals surface area contributed by atoms with Crippen LogP contribution in [0.15, 0.2) is 24.3 Å². The maximum absolute atomic E-state index is 6.28. The third-order valence-electron chi connectivity index (χ3n) is 3.18. The molecule has 5 heteroatoms. The molecule has 1 aromatic carbocycles. The fourth-order valence-electron chi connectivity index (χ4n) is 2.18. The number of halogens is 2. The number of nitrogens with zero attached hydrogens (tertiary/aromatic N) is 2. The predicted octanol–water partition coefficient (Wildman–Crippen LogP) is 3.60. The van der Waals surface area contributed by atoms with Crippen molar-refractivity contribution in [2.24, 2.45) is 7.05 Å². The highest BCUT2D eigenvalue weighted by atomic mass is 35.5. The van der Waals surface area contributed by atoms with Crippen LogP contribution in [-0.4, -0.2) is 16.8 Å². The standard InChI is InChI=1S/C14H17Cl2N3/c1-4-10-8-13(19(3)18-10)14(17-2)11-7-9(15)5-6-12(11)16/h5-8,14,17H,4H2,1-3H3. The van der Waals surface area contributed by atoms with Gasteiger partial charge in [-0.05, 0) is 43.3 Å². The molecule has 0 saturated heterocycles. The van der Waals surface area contributed by atoms with Gasteiger partial charge in [-0.25, -0.2) is 0 Å². The van der Waals surface area contributed by atoms with E-state index >= 15 is 0 Å². The zero-order valence-electron chi connectivity index (χ0n) is 11.2. The Morgan fingerprint density at radius 3 is 2.63 bits per heavy atom. The van der Waals surface area contributed by atoms with Gasteiger partial charge in [-0.15, -0.1) is 0 Å². The largest absolute Gasteiger partial charge is 0.308 e. The van der Waals surface area contributed by atoms with E-state index in [-0.39, 0.29) is 6.04 Å². The highest BCUT2D eigenvalue weighted by Crippen LogP contribution is 2.30. The maximum Gasteiger partial charge on any atom is 0.0760 e. The summed E-state index contributed by atoms with van der Waals surface area (Å²) >= 11 is 12.4. The van der Waals surface area contributed by atoms with Crippen LogP contribution in [-0.2, 0) is 13.5 Å². The summed E-state index contributed by atoms with van der Waals surface area (Å²) in [5.74, 6) is 0. The molecule has 0 spiro atoms. The number of hydrogen-bond donors (Lipinski definition) is 1. The van der Waals surface area contributed by atoms with E-state index in [0.29, 0.717) is 10.0 Å². The molecule has 0 fully saturated rings. The van der Waals surface area contributed by atoms with Crippen LogP contribution in [0.5, 0.6) is 0 Å². The molecule has 0 bridgehead atoms. The Morgan fingerprint density at radius 1 is 1.32 bits per heavy atom. The smallest absolute Gasteiger partial charge is 0.0760 e. The highest BCUT2D eigenvalue weighted by molar-refractivity contribution is 6.33. The van der Waals surface area contributed by atoms with Gasteiger partial charge in [0, 0.05) is 17.1 Å². The van der Waals surface area contributed by atoms with Crippen molar-refractivity contribution in [3.63, 3.8) is 0 Å². The van der Waals surface area contributed by atoms with E-state index in [1.165, 1.54) is 0 Å². The number of hydrogen-bond acceptors (Lipinski definition) is 2. The van der Waals surface area contributed by atoms with Crippen molar-refractivity contribution >= 4 is 23.2 Å². The number of benzene rings is 1. The van der Waals surface area contributed by atoms with Gasteiger partial charge in [-0.2, -0.15) is 5.10 Å². The van der Waals surface area contributed by atoms with E-state index in [1.807, 2.05) is 30.9 Å². The molecular formula is C14H17Cl2N3. The Kier molecular flexibility index (Phi) is 4.50. The van der Waals surface area contributed by atoms with Crippen LogP contribution in [0.25, 0.3) is 0 Å². The molecule has 102 valence electrons. The lowest BCUT2D eigenvalue weighted by Crippen LogP contribution is -2.21. The Morgan fingerprint density at radius 2 is 2.05 bits per heavy atom. The normalized spacial score (nSPS) is 12.7. The summed E-state index contributed by atoms with van der Waals surface area (Å²) in [6.45, 7) is 2.09. The van der Waals surface area contributed by atoms with Crippen LogP contribution in [0, 0.1) is 0 Å². The molecular weight excluding hydrogens is 281 g/mol. The topological polar surface area (TPSA) is 29.9 Å². The van der Waals surface area contributed by atoms with Crippen LogP contribution in [0.3, 0.4) is 0 Å². The summed E-state index contributed by atoms with van der Waals surface area (Å²) in [7, 11) is 3.85. The molecule has 1 N–H and O–H groups in total. The van der Waals surface area contributed by atoms with E-state index in [1.54, 1.807) is 6.07 Å². The van der Waals surface area contributed by atoms with Crippen molar-refractivity contribution in [1.29, 1.82) is 0 Å². The molecule has 0 radical (unpaired) electrons. The molecule has 1 heterocycles.